The van der Waals surface area contributed by atoms with Crippen molar-refractivity contribution in [3.8, 4) is 11.1 Å². The van der Waals surface area contributed by atoms with Crippen LogP contribution in [0.15, 0.2) is 48.5 Å². The molecule has 0 unspecified atom stereocenters. The average Bonchev–Trinajstić information content (AvgIpc) is 3.10. The Morgan fingerprint density at radius 2 is 1.66 bits per heavy atom. The Morgan fingerprint density at radius 1 is 1.06 bits per heavy atom. The number of aliphatic carboxylic acids is 1. The van der Waals surface area contributed by atoms with Crippen molar-refractivity contribution in [2.24, 2.45) is 0 Å². The topological polar surface area (TPSA) is 125 Å². The van der Waals surface area contributed by atoms with Crippen LogP contribution in [0.5, 0.6) is 0 Å². The molecule has 1 aliphatic rings. The normalized spacial score (nSPS) is 13.1. The first kappa shape index (κ1) is 23.2. The molecule has 1 atom stereocenters. The Kier molecular flexibility index (Phi) is 7.80. The third-order valence-electron chi connectivity index (χ3n) is 5.27. The van der Waals surface area contributed by atoms with Gasteiger partial charge in [-0.2, -0.15) is 0 Å². The Bertz CT molecular complexity index is 933. The van der Waals surface area contributed by atoms with Crippen LogP contribution in [-0.4, -0.2) is 79.1 Å². The second-order valence-corrected chi connectivity index (χ2v) is 7.35. The van der Waals surface area contributed by atoms with Gasteiger partial charge in [-0.05, 0) is 22.3 Å². The quantitative estimate of drug-likeness (QED) is 0.508. The largest absolute Gasteiger partial charge is 0.480 e. The second-order valence-electron chi connectivity index (χ2n) is 7.35. The molecule has 9 nitrogen and oxygen atoms in total. The summed E-state index contributed by atoms with van der Waals surface area (Å²) in [4.78, 5) is 37.1. The van der Waals surface area contributed by atoms with E-state index in [1.807, 2.05) is 48.5 Å². The van der Waals surface area contributed by atoms with Crippen molar-refractivity contribution in [1.82, 2.24) is 10.2 Å². The zero-order chi connectivity index (χ0) is 23.1. The SMILES string of the molecule is COC[C@H](NC(=O)OCC1c2ccccc2-c2ccccc21)C(=O)N(CCO)CC(=O)O. The van der Waals surface area contributed by atoms with Gasteiger partial charge in [-0.3, -0.25) is 9.59 Å². The van der Waals surface area contributed by atoms with Gasteiger partial charge in [0, 0.05) is 19.6 Å². The standard InChI is InChI=1S/C23H26N2O7/c1-31-14-20(22(29)25(10-11-26)12-21(27)28)24-23(30)32-13-19-17-8-4-2-6-15(17)16-7-3-5-9-18(16)19/h2-9,19-20,26H,10-14H2,1H3,(H,24,30)(H,27,28)/t20-/m0/s1. The van der Waals surface area contributed by atoms with Crippen molar-refractivity contribution in [1.29, 1.82) is 0 Å². The fourth-order valence-electron chi connectivity index (χ4n) is 3.90. The minimum atomic E-state index is -1.23. The summed E-state index contributed by atoms with van der Waals surface area (Å²) in [7, 11) is 1.35. The van der Waals surface area contributed by atoms with Gasteiger partial charge in [0.1, 0.15) is 19.2 Å². The zero-order valence-corrected chi connectivity index (χ0v) is 17.7. The van der Waals surface area contributed by atoms with E-state index in [1.54, 1.807) is 0 Å². The van der Waals surface area contributed by atoms with Crippen molar-refractivity contribution in [2.75, 3.05) is 40.0 Å². The van der Waals surface area contributed by atoms with Gasteiger partial charge in [-0.25, -0.2) is 4.79 Å². The van der Waals surface area contributed by atoms with Gasteiger partial charge in [0.25, 0.3) is 0 Å². The number of alkyl carbamates (subject to hydrolysis) is 1. The van der Waals surface area contributed by atoms with Crippen LogP contribution in [0.3, 0.4) is 0 Å². The Hall–Kier alpha value is -3.43. The first-order chi connectivity index (χ1) is 15.5. The number of nitrogens with zero attached hydrogens (tertiary/aromatic N) is 1. The Balaban J connectivity index is 1.67. The number of fused-ring (bicyclic) bond motifs is 3. The van der Waals surface area contributed by atoms with E-state index in [0.29, 0.717) is 0 Å². The van der Waals surface area contributed by atoms with Crippen molar-refractivity contribution < 1.29 is 34.1 Å². The number of nitrogens with one attached hydrogen (secondary N) is 1. The molecule has 0 fully saturated rings. The number of amides is 2. The molecule has 32 heavy (non-hydrogen) atoms. The number of ether oxygens (including phenoxy) is 2. The molecule has 0 bridgehead atoms. The molecule has 1 aliphatic carbocycles. The van der Waals surface area contributed by atoms with Crippen LogP contribution in [0.25, 0.3) is 11.1 Å². The number of carboxylic acid groups (broad SMARTS) is 1. The van der Waals surface area contributed by atoms with Crippen LogP contribution in [0.1, 0.15) is 17.0 Å². The fraction of sp³-hybridized carbons (Fsp3) is 0.348. The van der Waals surface area contributed by atoms with Gasteiger partial charge in [0.2, 0.25) is 5.91 Å². The van der Waals surface area contributed by atoms with E-state index in [2.05, 4.69) is 5.32 Å². The molecule has 2 amide bonds. The fourth-order valence-corrected chi connectivity index (χ4v) is 3.90. The highest BCUT2D eigenvalue weighted by Gasteiger charge is 2.31. The first-order valence-corrected chi connectivity index (χ1v) is 10.2. The predicted molar refractivity (Wildman–Crippen MR) is 115 cm³/mol. The van der Waals surface area contributed by atoms with Gasteiger partial charge in [0.15, 0.2) is 0 Å². The molecule has 3 N–H and O–H groups in total. The molecule has 2 aromatic carbocycles. The molecule has 0 aromatic heterocycles. The number of rotatable bonds is 10. The maximum absolute atomic E-state index is 12.7. The average molecular weight is 442 g/mol. The first-order valence-electron chi connectivity index (χ1n) is 10.2. The molecular weight excluding hydrogens is 416 g/mol. The highest BCUT2D eigenvalue weighted by molar-refractivity contribution is 5.88. The number of carbonyl (C=O) groups is 3. The molecular formula is C23H26N2O7. The summed E-state index contributed by atoms with van der Waals surface area (Å²) in [6, 6.07) is 14.7. The third-order valence-corrected chi connectivity index (χ3v) is 5.27. The van der Waals surface area contributed by atoms with E-state index >= 15 is 0 Å². The van der Waals surface area contributed by atoms with Gasteiger partial charge in [-0.1, -0.05) is 48.5 Å². The lowest BCUT2D eigenvalue weighted by molar-refractivity contribution is -0.146. The highest BCUT2D eigenvalue weighted by atomic mass is 16.5. The molecule has 2 aromatic rings. The number of carboxylic acids is 1. The Morgan fingerprint density at radius 3 is 2.19 bits per heavy atom. The number of benzene rings is 2. The summed E-state index contributed by atoms with van der Waals surface area (Å²) in [5.74, 6) is -2.05. The van der Waals surface area contributed by atoms with Crippen LogP contribution in [0.4, 0.5) is 4.79 Å². The summed E-state index contributed by atoms with van der Waals surface area (Å²) >= 11 is 0. The molecule has 170 valence electrons. The number of aliphatic hydroxyl groups is 1. The van der Waals surface area contributed by atoms with Crippen molar-refractivity contribution in [2.45, 2.75) is 12.0 Å². The summed E-state index contributed by atoms with van der Waals surface area (Å²) in [6.45, 7) is -1.30. The summed E-state index contributed by atoms with van der Waals surface area (Å²) < 4.78 is 10.4. The van der Waals surface area contributed by atoms with Crippen LogP contribution in [0, 0.1) is 0 Å². The number of aliphatic hydroxyl groups excluding tert-OH is 1. The molecule has 9 heteroatoms. The Labute approximate surface area is 185 Å². The van der Waals surface area contributed by atoms with Crippen LogP contribution < -0.4 is 5.32 Å². The third kappa shape index (κ3) is 5.24. The lowest BCUT2D eigenvalue weighted by Crippen LogP contribution is -2.52. The van der Waals surface area contributed by atoms with Crippen LogP contribution >= 0.6 is 0 Å². The molecule has 3 rings (SSSR count). The second kappa shape index (κ2) is 10.7. The maximum Gasteiger partial charge on any atom is 0.407 e. The number of methoxy groups -OCH3 is 1. The molecule has 0 saturated carbocycles. The van der Waals surface area contributed by atoms with Crippen LogP contribution in [0.2, 0.25) is 0 Å². The number of carbonyl (C=O) groups excluding carboxylic acids is 2. The highest BCUT2D eigenvalue weighted by Crippen LogP contribution is 2.44. The van der Waals surface area contributed by atoms with E-state index in [4.69, 9.17) is 19.7 Å². The van der Waals surface area contributed by atoms with E-state index in [1.165, 1.54) is 7.11 Å². The van der Waals surface area contributed by atoms with E-state index < -0.39 is 37.2 Å². The lowest BCUT2D eigenvalue weighted by Gasteiger charge is -2.25. The zero-order valence-electron chi connectivity index (χ0n) is 17.7. The van der Waals surface area contributed by atoms with E-state index in [9.17, 15) is 14.4 Å². The van der Waals surface area contributed by atoms with E-state index in [-0.39, 0.29) is 25.7 Å². The van der Waals surface area contributed by atoms with Crippen molar-refractivity contribution >= 4 is 18.0 Å². The van der Waals surface area contributed by atoms with E-state index in [0.717, 1.165) is 27.2 Å². The molecule has 0 heterocycles. The summed E-state index contributed by atoms with van der Waals surface area (Å²) in [6.07, 6.45) is -0.818. The van der Waals surface area contributed by atoms with Crippen molar-refractivity contribution in [3.05, 3.63) is 59.7 Å². The monoisotopic (exact) mass is 442 g/mol. The summed E-state index contributed by atoms with van der Waals surface area (Å²) in [5.41, 5.74) is 4.30. The smallest absolute Gasteiger partial charge is 0.407 e. The van der Waals surface area contributed by atoms with Gasteiger partial charge in [0.05, 0.1) is 13.2 Å². The van der Waals surface area contributed by atoms with Gasteiger partial charge >= 0.3 is 12.1 Å². The maximum atomic E-state index is 12.7. The number of hydrogen-bond donors (Lipinski definition) is 3. The van der Waals surface area contributed by atoms with Crippen molar-refractivity contribution in [3.63, 3.8) is 0 Å². The predicted octanol–water partition coefficient (Wildman–Crippen LogP) is 1.45. The molecule has 0 spiro atoms. The van der Waals surface area contributed by atoms with Crippen LogP contribution in [-0.2, 0) is 19.1 Å². The lowest BCUT2D eigenvalue weighted by atomic mass is 9.98. The minimum Gasteiger partial charge on any atom is -0.480 e. The minimum absolute atomic E-state index is 0.0727. The summed E-state index contributed by atoms with van der Waals surface area (Å²) in [5, 5.41) is 20.6. The molecule has 0 saturated heterocycles. The molecule has 0 aliphatic heterocycles. The molecule has 0 radical (unpaired) electrons. The number of hydrogen-bond acceptors (Lipinski definition) is 6. The van der Waals surface area contributed by atoms with Gasteiger partial charge in [-0.15, -0.1) is 0 Å². The van der Waals surface area contributed by atoms with Gasteiger partial charge < -0.3 is 29.9 Å².